The minimum absolute atomic E-state index is 0.0640. The Morgan fingerprint density at radius 2 is 2.20 bits per heavy atom. The van der Waals surface area contributed by atoms with Crippen LogP contribution in [0.3, 0.4) is 0 Å². The number of hydrogen-bond donors (Lipinski definition) is 3. The molecule has 1 aliphatic rings. The van der Waals surface area contributed by atoms with Crippen molar-refractivity contribution in [1.82, 2.24) is 10.3 Å². The van der Waals surface area contributed by atoms with E-state index in [1.165, 1.54) is 12.6 Å². The molecule has 6 nitrogen and oxygen atoms in total. The van der Waals surface area contributed by atoms with E-state index in [-0.39, 0.29) is 17.7 Å². The minimum atomic E-state index is -0.423. The van der Waals surface area contributed by atoms with E-state index in [2.05, 4.69) is 15.5 Å². The van der Waals surface area contributed by atoms with Gasteiger partial charge in [-0.15, -0.1) is 0 Å². The molecule has 1 aliphatic carbocycles. The molecule has 0 aromatic carbocycles. The molecule has 0 radical (unpaired) electrons. The van der Waals surface area contributed by atoms with Crippen LogP contribution in [0.25, 0.3) is 0 Å². The summed E-state index contributed by atoms with van der Waals surface area (Å²) in [5.41, 5.74) is 6.22. The highest BCUT2D eigenvalue weighted by atomic mass is 16.4. The van der Waals surface area contributed by atoms with E-state index < -0.39 is 6.04 Å². The summed E-state index contributed by atoms with van der Waals surface area (Å²) in [6.07, 6.45) is 8.50. The third-order valence-electron chi connectivity index (χ3n) is 3.77. The molecule has 20 heavy (non-hydrogen) atoms. The zero-order valence-electron chi connectivity index (χ0n) is 11.3. The number of hydrogen-bond acceptors (Lipinski definition) is 4. The lowest BCUT2D eigenvalue weighted by Crippen LogP contribution is -2.49. The predicted molar refractivity (Wildman–Crippen MR) is 75.5 cm³/mol. The van der Waals surface area contributed by atoms with Crippen molar-refractivity contribution in [2.75, 3.05) is 0 Å². The van der Waals surface area contributed by atoms with E-state index in [0.717, 1.165) is 25.7 Å². The number of aromatic nitrogens is 1. The molecule has 1 atom stereocenters. The Balaban J connectivity index is 2.09. The number of carbonyl (C=O) groups is 1. The fourth-order valence-electron chi connectivity index (χ4n) is 2.68. The third-order valence-corrected chi connectivity index (χ3v) is 3.77. The van der Waals surface area contributed by atoms with Gasteiger partial charge in [-0.1, -0.05) is 24.4 Å². The summed E-state index contributed by atoms with van der Waals surface area (Å²) in [5.74, 6) is 0.0367. The van der Waals surface area contributed by atoms with Crippen molar-refractivity contribution < 1.29 is 10.0 Å². The van der Waals surface area contributed by atoms with Crippen molar-refractivity contribution in [3.05, 3.63) is 30.1 Å². The van der Waals surface area contributed by atoms with Gasteiger partial charge < -0.3 is 16.3 Å². The van der Waals surface area contributed by atoms with Crippen molar-refractivity contribution in [2.24, 2.45) is 16.8 Å². The first-order valence-corrected chi connectivity index (χ1v) is 6.90. The maximum Gasteiger partial charge on any atom is 0.253 e. The van der Waals surface area contributed by atoms with Crippen LogP contribution >= 0.6 is 0 Å². The number of nitrogens with two attached hydrogens (primary N) is 1. The normalized spacial score (nSPS) is 18.5. The summed E-state index contributed by atoms with van der Waals surface area (Å²) in [6.45, 7) is 0. The van der Waals surface area contributed by atoms with Crippen LogP contribution in [0.5, 0.6) is 0 Å². The van der Waals surface area contributed by atoms with Gasteiger partial charge in [0.2, 0.25) is 0 Å². The average Bonchev–Trinajstić information content (AvgIpc) is 2.53. The smallest absolute Gasteiger partial charge is 0.253 e. The van der Waals surface area contributed by atoms with Gasteiger partial charge in [0.1, 0.15) is 0 Å². The average molecular weight is 276 g/mol. The molecular weight excluding hydrogens is 256 g/mol. The zero-order valence-corrected chi connectivity index (χ0v) is 11.3. The number of rotatable bonds is 4. The number of nitrogens with one attached hydrogen (secondary N) is 1. The summed E-state index contributed by atoms with van der Waals surface area (Å²) in [4.78, 5) is 16.1. The van der Waals surface area contributed by atoms with Gasteiger partial charge in [0.05, 0.1) is 11.6 Å². The van der Waals surface area contributed by atoms with E-state index in [4.69, 9.17) is 10.9 Å². The van der Waals surface area contributed by atoms with E-state index in [0.29, 0.717) is 5.56 Å². The maximum absolute atomic E-state index is 12.2. The van der Waals surface area contributed by atoms with Crippen molar-refractivity contribution in [1.29, 1.82) is 0 Å². The fraction of sp³-hybridized carbons (Fsp3) is 0.500. The quantitative estimate of drug-likeness (QED) is 0.336. The number of oxime groups is 1. The Morgan fingerprint density at radius 1 is 1.45 bits per heavy atom. The molecule has 1 fully saturated rings. The molecule has 2 rings (SSSR count). The number of nitrogens with zero attached hydrogens (tertiary/aromatic N) is 2. The molecule has 6 heteroatoms. The van der Waals surface area contributed by atoms with Crippen LogP contribution in [0.15, 0.2) is 29.7 Å². The first-order valence-electron chi connectivity index (χ1n) is 6.90. The Labute approximate surface area is 118 Å². The minimum Gasteiger partial charge on any atom is -0.409 e. The molecular formula is C14H20N4O2. The SMILES string of the molecule is N/C(=N\O)C(NC(=O)c1cccnc1)C1CCCCC1. The highest BCUT2D eigenvalue weighted by Crippen LogP contribution is 2.26. The van der Waals surface area contributed by atoms with Gasteiger partial charge in [0.25, 0.3) is 5.91 Å². The molecule has 0 bridgehead atoms. The summed E-state index contributed by atoms with van der Waals surface area (Å²) in [6, 6.07) is 2.97. The highest BCUT2D eigenvalue weighted by molar-refractivity contribution is 5.98. The second-order valence-corrected chi connectivity index (χ2v) is 5.12. The highest BCUT2D eigenvalue weighted by Gasteiger charge is 2.28. The first-order chi connectivity index (χ1) is 9.72. The molecule has 1 aromatic rings. The van der Waals surface area contributed by atoms with Crippen LogP contribution in [-0.2, 0) is 0 Å². The van der Waals surface area contributed by atoms with Crippen LogP contribution in [0.1, 0.15) is 42.5 Å². The molecule has 0 saturated heterocycles. The second kappa shape index (κ2) is 6.88. The Kier molecular flexibility index (Phi) is 4.92. The van der Waals surface area contributed by atoms with E-state index in [9.17, 15) is 4.79 Å². The van der Waals surface area contributed by atoms with Gasteiger partial charge in [-0.25, -0.2) is 0 Å². The second-order valence-electron chi connectivity index (χ2n) is 5.12. The van der Waals surface area contributed by atoms with Gasteiger partial charge in [-0.05, 0) is 30.9 Å². The molecule has 1 saturated carbocycles. The van der Waals surface area contributed by atoms with E-state index >= 15 is 0 Å². The molecule has 1 heterocycles. The molecule has 1 aromatic heterocycles. The van der Waals surface area contributed by atoms with Gasteiger partial charge in [0, 0.05) is 12.4 Å². The van der Waals surface area contributed by atoms with Crippen molar-refractivity contribution in [3.8, 4) is 0 Å². The largest absolute Gasteiger partial charge is 0.409 e. The lowest BCUT2D eigenvalue weighted by Gasteiger charge is -2.29. The molecule has 1 amide bonds. The summed E-state index contributed by atoms with van der Waals surface area (Å²) < 4.78 is 0. The predicted octanol–water partition coefficient (Wildman–Crippen LogP) is 1.51. The Morgan fingerprint density at radius 3 is 2.80 bits per heavy atom. The topological polar surface area (TPSA) is 101 Å². The van der Waals surface area contributed by atoms with Gasteiger partial charge >= 0.3 is 0 Å². The van der Waals surface area contributed by atoms with Gasteiger partial charge in [-0.3, -0.25) is 9.78 Å². The lowest BCUT2D eigenvalue weighted by molar-refractivity contribution is 0.0930. The summed E-state index contributed by atoms with van der Waals surface area (Å²) >= 11 is 0. The number of pyridine rings is 1. The van der Waals surface area contributed by atoms with Crippen molar-refractivity contribution in [2.45, 2.75) is 38.1 Å². The molecule has 1 unspecified atom stereocenters. The fourth-order valence-corrected chi connectivity index (χ4v) is 2.68. The maximum atomic E-state index is 12.2. The molecule has 4 N–H and O–H groups in total. The first kappa shape index (κ1) is 14.3. The molecule has 108 valence electrons. The standard InChI is InChI=1S/C14H20N4O2/c15-13(18-20)12(10-5-2-1-3-6-10)17-14(19)11-7-4-8-16-9-11/h4,7-10,12,20H,1-3,5-6H2,(H2,15,18)(H,17,19). The summed E-state index contributed by atoms with van der Waals surface area (Å²) in [7, 11) is 0. The van der Waals surface area contributed by atoms with Crippen LogP contribution in [0.2, 0.25) is 0 Å². The van der Waals surface area contributed by atoms with Crippen molar-refractivity contribution in [3.63, 3.8) is 0 Å². The zero-order chi connectivity index (χ0) is 14.4. The van der Waals surface area contributed by atoms with Crippen LogP contribution in [0, 0.1) is 5.92 Å². The Bertz CT molecular complexity index is 469. The van der Waals surface area contributed by atoms with E-state index in [1.54, 1.807) is 18.3 Å². The van der Waals surface area contributed by atoms with Crippen molar-refractivity contribution >= 4 is 11.7 Å². The van der Waals surface area contributed by atoms with E-state index in [1.807, 2.05) is 0 Å². The van der Waals surface area contributed by atoms with Gasteiger partial charge in [0.15, 0.2) is 5.84 Å². The van der Waals surface area contributed by atoms with Gasteiger partial charge in [-0.2, -0.15) is 0 Å². The van der Waals surface area contributed by atoms with Crippen LogP contribution in [0.4, 0.5) is 0 Å². The molecule has 0 spiro atoms. The number of amides is 1. The van der Waals surface area contributed by atoms with Crippen LogP contribution in [-0.4, -0.2) is 28.0 Å². The number of amidine groups is 1. The molecule has 0 aliphatic heterocycles. The monoisotopic (exact) mass is 276 g/mol. The van der Waals surface area contributed by atoms with Crippen LogP contribution < -0.4 is 11.1 Å². The third kappa shape index (κ3) is 3.46. The number of carbonyl (C=O) groups excluding carboxylic acids is 1. The lowest BCUT2D eigenvalue weighted by atomic mass is 9.83. The summed E-state index contributed by atoms with van der Waals surface area (Å²) in [5, 5.41) is 14.9. The Hall–Kier alpha value is -2.11.